The minimum atomic E-state index is -0.275. The van der Waals surface area contributed by atoms with Gasteiger partial charge in [-0.15, -0.1) is 0 Å². The molecule has 7 nitrogen and oxygen atoms in total. The summed E-state index contributed by atoms with van der Waals surface area (Å²) >= 11 is 0. The van der Waals surface area contributed by atoms with Gasteiger partial charge in [-0.2, -0.15) is 0 Å². The molecule has 7 heteroatoms. The fraction of sp³-hybridized carbons (Fsp3) is 0.185. The topological polar surface area (TPSA) is 87.7 Å². The highest BCUT2D eigenvalue weighted by Gasteiger charge is 2.17. The fourth-order valence-corrected chi connectivity index (χ4v) is 3.96. The zero-order valence-electron chi connectivity index (χ0n) is 18.9. The van der Waals surface area contributed by atoms with Crippen LogP contribution in [0.25, 0.3) is 10.9 Å². The van der Waals surface area contributed by atoms with Gasteiger partial charge in [0.15, 0.2) is 11.5 Å². The van der Waals surface area contributed by atoms with Crippen molar-refractivity contribution in [1.82, 2.24) is 10.3 Å². The first-order valence-corrected chi connectivity index (χ1v) is 11.4. The van der Waals surface area contributed by atoms with E-state index in [1.165, 1.54) is 16.5 Å². The van der Waals surface area contributed by atoms with Crippen LogP contribution >= 0.6 is 0 Å². The number of ether oxygens (including phenoxy) is 2. The largest absolute Gasteiger partial charge is 0.454 e. The van der Waals surface area contributed by atoms with Crippen molar-refractivity contribution in [3.8, 4) is 11.5 Å². The number of aryl methyl sites for hydroxylation is 1. The Labute approximate surface area is 197 Å². The molecule has 4 aromatic rings. The molecular formula is C27H26N4O3. The first kappa shape index (κ1) is 21.6. The van der Waals surface area contributed by atoms with Crippen molar-refractivity contribution in [2.75, 3.05) is 18.7 Å². The summed E-state index contributed by atoms with van der Waals surface area (Å²) in [6.07, 6.45) is 3.68. The summed E-state index contributed by atoms with van der Waals surface area (Å²) in [5, 5.41) is 7.39. The average Bonchev–Trinajstić information content (AvgIpc) is 3.50. The molecule has 0 atom stereocenters. The van der Waals surface area contributed by atoms with Gasteiger partial charge in [0.25, 0.3) is 5.91 Å². The molecule has 34 heavy (non-hydrogen) atoms. The van der Waals surface area contributed by atoms with E-state index in [0.29, 0.717) is 29.6 Å². The highest BCUT2D eigenvalue weighted by atomic mass is 16.7. The van der Waals surface area contributed by atoms with Crippen LogP contribution in [-0.4, -0.2) is 30.2 Å². The second-order valence-corrected chi connectivity index (χ2v) is 8.04. The predicted molar refractivity (Wildman–Crippen MR) is 134 cm³/mol. The normalized spacial score (nSPS) is 12.7. The number of rotatable bonds is 6. The van der Waals surface area contributed by atoms with Crippen molar-refractivity contribution in [2.24, 2.45) is 4.99 Å². The summed E-state index contributed by atoms with van der Waals surface area (Å²) < 4.78 is 10.7. The summed E-state index contributed by atoms with van der Waals surface area (Å²) in [6, 6.07) is 21.4. The van der Waals surface area contributed by atoms with E-state index in [-0.39, 0.29) is 12.7 Å². The van der Waals surface area contributed by atoms with Gasteiger partial charge in [0.2, 0.25) is 12.8 Å². The highest BCUT2D eigenvalue weighted by molar-refractivity contribution is 6.10. The third-order valence-corrected chi connectivity index (χ3v) is 5.79. The lowest BCUT2D eigenvalue weighted by Crippen LogP contribution is -2.36. The first-order chi connectivity index (χ1) is 16.7. The Bertz CT molecular complexity index is 1360. The van der Waals surface area contributed by atoms with Gasteiger partial charge in [0.1, 0.15) is 0 Å². The number of benzene rings is 3. The minimum absolute atomic E-state index is 0.163. The Morgan fingerprint density at radius 3 is 2.82 bits per heavy atom. The van der Waals surface area contributed by atoms with E-state index in [1.807, 2.05) is 30.5 Å². The summed E-state index contributed by atoms with van der Waals surface area (Å²) in [5.74, 6) is 1.33. The maximum absolute atomic E-state index is 13.0. The fourth-order valence-electron chi connectivity index (χ4n) is 3.96. The van der Waals surface area contributed by atoms with Gasteiger partial charge in [-0.05, 0) is 60.4 Å². The van der Waals surface area contributed by atoms with Crippen LogP contribution in [0.2, 0.25) is 0 Å². The van der Waals surface area contributed by atoms with Crippen LogP contribution in [0, 0.1) is 0 Å². The van der Waals surface area contributed by atoms with Gasteiger partial charge in [-0.1, -0.05) is 37.3 Å². The van der Waals surface area contributed by atoms with E-state index in [0.717, 1.165) is 24.0 Å². The van der Waals surface area contributed by atoms with Crippen LogP contribution in [-0.2, 0) is 12.8 Å². The number of carbonyl (C=O) groups excluding carboxylic acids is 1. The predicted octanol–water partition coefficient (Wildman–Crippen LogP) is 4.90. The Morgan fingerprint density at radius 1 is 1.03 bits per heavy atom. The van der Waals surface area contributed by atoms with Gasteiger partial charge >= 0.3 is 0 Å². The molecule has 1 aromatic heterocycles. The lowest BCUT2D eigenvalue weighted by atomic mass is 10.1. The molecule has 1 aliphatic heterocycles. The van der Waals surface area contributed by atoms with E-state index >= 15 is 0 Å². The molecule has 1 aliphatic rings. The van der Waals surface area contributed by atoms with Gasteiger partial charge in [-0.3, -0.25) is 15.1 Å². The second kappa shape index (κ2) is 9.70. The van der Waals surface area contributed by atoms with Crippen molar-refractivity contribution in [3.63, 3.8) is 0 Å². The lowest BCUT2D eigenvalue weighted by Gasteiger charge is -2.13. The molecule has 5 rings (SSSR count). The SMILES string of the molecule is CCc1cccc(NC(=NCCc2c[nH]c3ccccc23)NC(=O)c2ccc3c(c2)OCO3)c1. The van der Waals surface area contributed by atoms with E-state index in [2.05, 4.69) is 46.8 Å². The number of nitrogens with one attached hydrogen (secondary N) is 3. The number of fused-ring (bicyclic) bond motifs is 2. The van der Waals surface area contributed by atoms with Gasteiger partial charge < -0.3 is 19.8 Å². The van der Waals surface area contributed by atoms with E-state index in [1.54, 1.807) is 18.2 Å². The number of hydrogen-bond acceptors (Lipinski definition) is 4. The molecule has 172 valence electrons. The zero-order valence-corrected chi connectivity index (χ0v) is 18.9. The van der Waals surface area contributed by atoms with Crippen molar-refractivity contribution < 1.29 is 14.3 Å². The van der Waals surface area contributed by atoms with Crippen LogP contribution in [0.5, 0.6) is 11.5 Å². The molecule has 1 amide bonds. The highest BCUT2D eigenvalue weighted by Crippen LogP contribution is 2.32. The molecule has 3 N–H and O–H groups in total. The summed E-state index contributed by atoms with van der Waals surface area (Å²) in [6.45, 7) is 2.78. The van der Waals surface area contributed by atoms with Crippen LogP contribution in [0.4, 0.5) is 5.69 Å². The Kier molecular flexibility index (Phi) is 6.16. The van der Waals surface area contributed by atoms with E-state index in [9.17, 15) is 4.79 Å². The number of para-hydroxylation sites is 1. The molecule has 0 fully saturated rings. The van der Waals surface area contributed by atoms with Crippen molar-refractivity contribution in [2.45, 2.75) is 19.8 Å². The van der Waals surface area contributed by atoms with E-state index < -0.39 is 0 Å². The molecule has 0 radical (unpaired) electrons. The molecule has 0 spiro atoms. The van der Waals surface area contributed by atoms with Crippen LogP contribution < -0.4 is 20.1 Å². The number of aliphatic imine (C=N–C) groups is 1. The molecule has 0 bridgehead atoms. The number of aromatic nitrogens is 1. The number of carbonyl (C=O) groups is 1. The molecule has 2 heterocycles. The van der Waals surface area contributed by atoms with Gasteiger partial charge in [-0.25, -0.2) is 0 Å². The molecular weight excluding hydrogens is 428 g/mol. The Hall–Kier alpha value is -4.26. The van der Waals surface area contributed by atoms with Crippen LogP contribution in [0.3, 0.4) is 0 Å². The first-order valence-electron chi connectivity index (χ1n) is 11.4. The lowest BCUT2D eigenvalue weighted by molar-refractivity contribution is 0.0976. The summed E-state index contributed by atoms with van der Waals surface area (Å²) in [4.78, 5) is 21.0. The maximum Gasteiger partial charge on any atom is 0.258 e. The summed E-state index contributed by atoms with van der Waals surface area (Å²) in [7, 11) is 0. The molecule has 0 saturated heterocycles. The van der Waals surface area contributed by atoms with Crippen molar-refractivity contribution in [1.29, 1.82) is 0 Å². The van der Waals surface area contributed by atoms with E-state index in [4.69, 9.17) is 14.5 Å². The number of anilines is 1. The molecule has 0 unspecified atom stereocenters. The Morgan fingerprint density at radius 2 is 1.91 bits per heavy atom. The smallest absolute Gasteiger partial charge is 0.258 e. The van der Waals surface area contributed by atoms with Crippen molar-refractivity contribution in [3.05, 3.63) is 89.6 Å². The number of nitrogens with zero attached hydrogens (tertiary/aromatic N) is 1. The third-order valence-electron chi connectivity index (χ3n) is 5.79. The van der Waals surface area contributed by atoms with Gasteiger partial charge in [0.05, 0.1) is 0 Å². The average molecular weight is 455 g/mol. The Balaban J connectivity index is 1.35. The quantitative estimate of drug-likeness (QED) is 0.286. The second-order valence-electron chi connectivity index (χ2n) is 8.04. The molecule has 3 aromatic carbocycles. The third kappa shape index (κ3) is 4.73. The number of hydrogen-bond donors (Lipinski definition) is 3. The monoisotopic (exact) mass is 454 g/mol. The standard InChI is InChI=1S/C27H26N4O3/c1-2-18-6-5-7-21(14-18)30-27(28-13-12-20-16-29-23-9-4-3-8-22(20)23)31-26(32)19-10-11-24-25(15-19)34-17-33-24/h3-11,14-16,29H,2,12-13,17H2,1H3,(H2,28,30,31,32). The molecule has 0 saturated carbocycles. The molecule has 0 aliphatic carbocycles. The van der Waals surface area contributed by atoms with Crippen molar-refractivity contribution >= 4 is 28.5 Å². The van der Waals surface area contributed by atoms with Crippen LogP contribution in [0.15, 0.2) is 77.9 Å². The number of H-pyrrole nitrogens is 1. The maximum atomic E-state index is 13.0. The number of aromatic amines is 1. The van der Waals surface area contributed by atoms with Crippen LogP contribution in [0.1, 0.15) is 28.4 Å². The number of guanidine groups is 1. The number of amides is 1. The zero-order chi connectivity index (χ0) is 23.3. The summed E-state index contributed by atoms with van der Waals surface area (Å²) in [5.41, 5.74) is 4.83. The minimum Gasteiger partial charge on any atom is -0.454 e. The van der Waals surface area contributed by atoms with Gasteiger partial charge in [0, 0.05) is 34.9 Å².